The first-order chi connectivity index (χ1) is 11.0. The molecule has 1 atom stereocenters. The third-order valence-electron chi connectivity index (χ3n) is 4.42. The number of fused-ring (bicyclic) bond motifs is 1. The average Bonchev–Trinajstić information content (AvgIpc) is 3.00. The molecule has 6 nitrogen and oxygen atoms in total. The average molecular weight is 335 g/mol. The zero-order valence-electron chi connectivity index (χ0n) is 13.1. The van der Waals surface area contributed by atoms with E-state index in [1.807, 2.05) is 0 Å². The minimum atomic E-state index is -3.83. The van der Waals surface area contributed by atoms with Crippen molar-refractivity contribution in [1.82, 2.24) is 15.3 Å². The van der Waals surface area contributed by atoms with E-state index in [9.17, 15) is 13.2 Å². The molecule has 0 radical (unpaired) electrons. The van der Waals surface area contributed by atoms with Crippen LogP contribution in [-0.2, 0) is 14.6 Å². The fourth-order valence-electron chi connectivity index (χ4n) is 2.94. The van der Waals surface area contributed by atoms with Crippen molar-refractivity contribution in [2.75, 3.05) is 0 Å². The fourth-order valence-corrected chi connectivity index (χ4v) is 4.10. The Morgan fingerprint density at radius 2 is 1.96 bits per heavy atom. The van der Waals surface area contributed by atoms with E-state index in [-0.39, 0.29) is 11.2 Å². The number of hydrogen-bond donors (Lipinski definition) is 2. The Bertz CT molecular complexity index is 774. The van der Waals surface area contributed by atoms with Crippen LogP contribution in [0.5, 0.6) is 0 Å². The third kappa shape index (κ3) is 3.24. The number of hydrogen-bond acceptors (Lipinski definition) is 4. The molecule has 1 aromatic carbocycles. The number of nitrogens with zero attached hydrogens (tertiary/aromatic N) is 1. The molecule has 3 rings (SSSR count). The smallest absolute Gasteiger partial charge is 0.238 e. The molecule has 0 bridgehead atoms. The van der Waals surface area contributed by atoms with Gasteiger partial charge in [-0.3, -0.25) is 4.79 Å². The highest BCUT2D eigenvalue weighted by Gasteiger charge is 2.33. The number of amides is 1. The lowest BCUT2D eigenvalue weighted by molar-refractivity contribution is -0.121. The Labute approximate surface area is 135 Å². The molecule has 0 spiro atoms. The summed E-state index contributed by atoms with van der Waals surface area (Å²) in [5.74, 6) is -0.447. The number of sulfone groups is 1. The number of nitrogens with one attached hydrogen (secondary N) is 2. The number of aromatic amines is 1. The van der Waals surface area contributed by atoms with Crippen LogP contribution in [0.3, 0.4) is 0 Å². The van der Waals surface area contributed by atoms with Crippen molar-refractivity contribution in [1.29, 1.82) is 0 Å². The van der Waals surface area contributed by atoms with E-state index < -0.39 is 21.0 Å². The summed E-state index contributed by atoms with van der Waals surface area (Å²) in [4.78, 5) is 19.2. The van der Waals surface area contributed by atoms with Crippen molar-refractivity contribution in [3.8, 4) is 0 Å². The molecule has 7 heteroatoms. The molecule has 2 aromatic rings. The highest BCUT2D eigenvalue weighted by molar-refractivity contribution is 7.92. The van der Waals surface area contributed by atoms with Gasteiger partial charge < -0.3 is 10.3 Å². The zero-order valence-corrected chi connectivity index (χ0v) is 13.9. The van der Waals surface area contributed by atoms with Gasteiger partial charge in [-0.15, -0.1) is 0 Å². The van der Waals surface area contributed by atoms with Crippen LogP contribution in [0.1, 0.15) is 39.0 Å². The number of imidazole rings is 1. The Morgan fingerprint density at radius 3 is 2.65 bits per heavy atom. The minimum Gasteiger partial charge on any atom is -0.352 e. The van der Waals surface area contributed by atoms with E-state index in [1.165, 1.54) is 13.3 Å². The molecule has 1 unspecified atom stereocenters. The molecule has 1 aromatic heterocycles. The van der Waals surface area contributed by atoms with Gasteiger partial charge in [0.1, 0.15) is 5.25 Å². The number of benzene rings is 1. The van der Waals surface area contributed by atoms with Gasteiger partial charge >= 0.3 is 0 Å². The van der Waals surface area contributed by atoms with Gasteiger partial charge in [-0.05, 0) is 31.9 Å². The quantitative estimate of drug-likeness (QED) is 0.896. The second-order valence-electron chi connectivity index (χ2n) is 6.09. The van der Waals surface area contributed by atoms with E-state index in [2.05, 4.69) is 15.3 Å². The van der Waals surface area contributed by atoms with Gasteiger partial charge in [0.05, 0.1) is 11.0 Å². The SMILES string of the molecule is CC(C(=O)NC1CCCCC1)S(=O)(=O)c1nc2ccccc2[nH]1. The molecule has 1 heterocycles. The summed E-state index contributed by atoms with van der Waals surface area (Å²) in [5, 5.41) is 1.56. The molecule has 1 fully saturated rings. The van der Waals surface area contributed by atoms with Crippen LogP contribution in [0.25, 0.3) is 11.0 Å². The maximum Gasteiger partial charge on any atom is 0.238 e. The highest BCUT2D eigenvalue weighted by Crippen LogP contribution is 2.20. The van der Waals surface area contributed by atoms with E-state index >= 15 is 0 Å². The number of rotatable bonds is 4. The Balaban J connectivity index is 1.78. The summed E-state index contributed by atoms with van der Waals surface area (Å²) < 4.78 is 25.3. The first-order valence-electron chi connectivity index (χ1n) is 7.97. The van der Waals surface area contributed by atoms with Crippen molar-refractivity contribution >= 4 is 26.8 Å². The summed E-state index contributed by atoms with van der Waals surface area (Å²) >= 11 is 0. The van der Waals surface area contributed by atoms with Crippen LogP contribution >= 0.6 is 0 Å². The number of H-pyrrole nitrogens is 1. The Morgan fingerprint density at radius 1 is 1.26 bits per heavy atom. The second-order valence-corrected chi connectivity index (χ2v) is 8.27. The van der Waals surface area contributed by atoms with Gasteiger partial charge in [0.2, 0.25) is 20.9 Å². The molecule has 124 valence electrons. The fraction of sp³-hybridized carbons (Fsp3) is 0.500. The second kappa shape index (κ2) is 6.31. The standard InChI is InChI=1S/C16H21N3O3S/c1-11(15(20)17-12-7-3-2-4-8-12)23(21,22)16-18-13-9-5-6-10-14(13)19-16/h5-6,9-12H,2-4,7-8H2,1H3,(H,17,20)(H,18,19). The van der Waals surface area contributed by atoms with Crippen LogP contribution in [0.15, 0.2) is 29.4 Å². The van der Waals surface area contributed by atoms with Crippen molar-refractivity contribution in [2.45, 2.75) is 55.5 Å². The van der Waals surface area contributed by atoms with Gasteiger partial charge in [-0.1, -0.05) is 31.4 Å². The lowest BCUT2D eigenvalue weighted by atomic mass is 9.95. The highest BCUT2D eigenvalue weighted by atomic mass is 32.2. The number of carbonyl (C=O) groups excluding carboxylic acids is 1. The van der Waals surface area contributed by atoms with Crippen molar-refractivity contribution < 1.29 is 13.2 Å². The molecule has 1 aliphatic carbocycles. The van der Waals surface area contributed by atoms with Crippen LogP contribution in [-0.4, -0.2) is 35.6 Å². The molecule has 0 aliphatic heterocycles. The molecule has 1 aliphatic rings. The van der Waals surface area contributed by atoms with Gasteiger partial charge in [0, 0.05) is 6.04 Å². The predicted octanol–water partition coefficient (Wildman–Crippen LogP) is 2.17. The first-order valence-corrected chi connectivity index (χ1v) is 9.52. The Kier molecular flexibility index (Phi) is 4.39. The molecule has 23 heavy (non-hydrogen) atoms. The summed E-state index contributed by atoms with van der Waals surface area (Å²) in [6, 6.07) is 7.17. The molecule has 2 N–H and O–H groups in total. The maximum atomic E-state index is 12.6. The molecule has 0 saturated heterocycles. The predicted molar refractivity (Wildman–Crippen MR) is 87.8 cm³/mol. The van der Waals surface area contributed by atoms with E-state index in [0.717, 1.165) is 25.7 Å². The monoisotopic (exact) mass is 335 g/mol. The molecular weight excluding hydrogens is 314 g/mol. The van der Waals surface area contributed by atoms with Gasteiger partial charge in [0.25, 0.3) is 0 Å². The maximum absolute atomic E-state index is 12.6. The first kappa shape index (κ1) is 16.0. The van der Waals surface area contributed by atoms with E-state index in [4.69, 9.17) is 0 Å². The van der Waals surface area contributed by atoms with Gasteiger partial charge in [-0.2, -0.15) is 0 Å². The third-order valence-corrected chi connectivity index (χ3v) is 6.30. The molecule has 1 amide bonds. The lowest BCUT2D eigenvalue weighted by Crippen LogP contribution is -2.44. The lowest BCUT2D eigenvalue weighted by Gasteiger charge is -2.24. The zero-order chi connectivity index (χ0) is 16.4. The summed E-state index contributed by atoms with van der Waals surface area (Å²) in [6.07, 6.45) is 5.18. The topological polar surface area (TPSA) is 91.9 Å². The van der Waals surface area contributed by atoms with Crippen molar-refractivity contribution in [2.24, 2.45) is 0 Å². The summed E-state index contributed by atoms with van der Waals surface area (Å²) in [6.45, 7) is 1.42. The largest absolute Gasteiger partial charge is 0.352 e. The van der Waals surface area contributed by atoms with Gasteiger partial charge in [-0.25, -0.2) is 13.4 Å². The van der Waals surface area contributed by atoms with E-state index in [1.54, 1.807) is 24.3 Å². The summed E-state index contributed by atoms with van der Waals surface area (Å²) in [7, 11) is -3.83. The molecule has 1 saturated carbocycles. The van der Waals surface area contributed by atoms with Crippen LogP contribution in [0, 0.1) is 0 Å². The van der Waals surface area contributed by atoms with Crippen molar-refractivity contribution in [3.05, 3.63) is 24.3 Å². The minimum absolute atomic E-state index is 0.0876. The number of para-hydroxylation sites is 2. The Hall–Kier alpha value is -1.89. The van der Waals surface area contributed by atoms with E-state index in [0.29, 0.717) is 11.0 Å². The normalized spacial score (nSPS) is 18.0. The van der Waals surface area contributed by atoms with Gasteiger partial charge in [0.15, 0.2) is 0 Å². The van der Waals surface area contributed by atoms with Crippen LogP contribution < -0.4 is 5.32 Å². The van der Waals surface area contributed by atoms with Crippen LogP contribution in [0.4, 0.5) is 0 Å². The molecular formula is C16H21N3O3S. The van der Waals surface area contributed by atoms with Crippen LogP contribution in [0.2, 0.25) is 0 Å². The number of carbonyl (C=O) groups is 1. The number of aromatic nitrogens is 2. The summed E-state index contributed by atoms with van der Waals surface area (Å²) in [5.41, 5.74) is 1.22. The van der Waals surface area contributed by atoms with Crippen molar-refractivity contribution in [3.63, 3.8) is 0 Å².